The van der Waals surface area contributed by atoms with E-state index < -0.39 is 5.97 Å². The van der Waals surface area contributed by atoms with E-state index in [1.54, 1.807) is 0 Å². The van der Waals surface area contributed by atoms with Crippen LogP contribution in [0.25, 0.3) is 10.9 Å². The van der Waals surface area contributed by atoms with Crippen molar-refractivity contribution >= 4 is 16.9 Å². The average molecular weight is 244 g/mol. The third kappa shape index (κ3) is 1.46. The molecule has 0 spiro atoms. The fourth-order valence-corrected chi connectivity index (χ4v) is 2.90. The van der Waals surface area contributed by atoms with Gasteiger partial charge in [-0.25, -0.2) is 4.79 Å². The van der Waals surface area contributed by atoms with Crippen molar-refractivity contribution in [1.29, 1.82) is 0 Å². The Labute approximate surface area is 105 Å². The van der Waals surface area contributed by atoms with Crippen LogP contribution in [-0.2, 0) is 13.1 Å². The Hall–Kier alpha value is -1.81. The van der Waals surface area contributed by atoms with Crippen LogP contribution in [0.3, 0.4) is 0 Å². The third-order valence-corrected chi connectivity index (χ3v) is 3.73. The first-order valence-corrected chi connectivity index (χ1v) is 6.12. The first-order chi connectivity index (χ1) is 8.59. The number of fused-ring (bicyclic) bond motifs is 3. The lowest BCUT2D eigenvalue weighted by Gasteiger charge is -2.25. The van der Waals surface area contributed by atoms with Crippen LogP contribution in [0, 0.1) is 6.92 Å². The number of benzene rings is 1. The lowest BCUT2D eigenvalue weighted by molar-refractivity contribution is 0.0695. The molecule has 0 saturated carbocycles. The molecule has 1 aromatic carbocycles. The number of carboxylic acids is 1. The predicted octanol–water partition coefficient (Wildman–Crippen LogP) is 2.09. The van der Waals surface area contributed by atoms with E-state index in [9.17, 15) is 9.90 Å². The van der Waals surface area contributed by atoms with Gasteiger partial charge in [0.1, 0.15) is 0 Å². The maximum absolute atomic E-state index is 11.5. The maximum atomic E-state index is 11.5. The standard InChI is InChI=1S/C14H16N2O2/c1-9-4-3-5-10-12(14(17)18)11-8-15(2)6-7-16(11)13(9)10/h3-5H,6-8H2,1-2H3,(H,17,18). The summed E-state index contributed by atoms with van der Waals surface area (Å²) in [5.74, 6) is -0.824. The normalized spacial score (nSPS) is 15.9. The number of para-hydroxylation sites is 1. The predicted molar refractivity (Wildman–Crippen MR) is 70.0 cm³/mol. The van der Waals surface area contributed by atoms with Crippen LogP contribution in [0.2, 0.25) is 0 Å². The van der Waals surface area contributed by atoms with Gasteiger partial charge in [0.05, 0.1) is 11.1 Å². The average Bonchev–Trinajstić information content (AvgIpc) is 2.63. The van der Waals surface area contributed by atoms with Crippen LogP contribution in [0.5, 0.6) is 0 Å². The molecule has 0 aliphatic carbocycles. The molecule has 4 nitrogen and oxygen atoms in total. The number of nitrogens with zero attached hydrogens (tertiary/aromatic N) is 2. The van der Waals surface area contributed by atoms with Crippen LogP contribution in [-0.4, -0.2) is 34.1 Å². The zero-order valence-electron chi connectivity index (χ0n) is 10.6. The van der Waals surface area contributed by atoms with E-state index in [0.29, 0.717) is 12.1 Å². The Bertz CT molecular complexity index is 643. The number of hydrogen-bond acceptors (Lipinski definition) is 2. The molecule has 0 saturated heterocycles. The van der Waals surface area contributed by atoms with E-state index in [-0.39, 0.29) is 0 Å². The maximum Gasteiger partial charge on any atom is 0.338 e. The molecular formula is C14H16N2O2. The minimum Gasteiger partial charge on any atom is -0.478 e. The van der Waals surface area contributed by atoms with E-state index in [2.05, 4.69) is 9.47 Å². The number of carboxylic acid groups (broad SMARTS) is 1. The van der Waals surface area contributed by atoms with Crippen molar-refractivity contribution in [2.24, 2.45) is 0 Å². The molecule has 0 atom stereocenters. The van der Waals surface area contributed by atoms with E-state index >= 15 is 0 Å². The Morgan fingerprint density at radius 2 is 2.11 bits per heavy atom. The highest BCUT2D eigenvalue weighted by Gasteiger charge is 2.26. The molecule has 0 bridgehead atoms. The molecule has 1 aromatic heterocycles. The van der Waals surface area contributed by atoms with Gasteiger partial charge in [0.2, 0.25) is 0 Å². The topological polar surface area (TPSA) is 45.5 Å². The van der Waals surface area contributed by atoms with Gasteiger partial charge in [-0.3, -0.25) is 4.90 Å². The number of rotatable bonds is 1. The minimum atomic E-state index is -0.824. The summed E-state index contributed by atoms with van der Waals surface area (Å²) in [6.07, 6.45) is 0. The van der Waals surface area contributed by atoms with Gasteiger partial charge >= 0.3 is 5.97 Å². The van der Waals surface area contributed by atoms with Gasteiger partial charge in [0, 0.05) is 30.7 Å². The van der Waals surface area contributed by atoms with Crippen LogP contribution < -0.4 is 0 Å². The van der Waals surface area contributed by atoms with Crippen LogP contribution in [0.1, 0.15) is 21.6 Å². The lowest BCUT2D eigenvalue weighted by atomic mass is 10.1. The summed E-state index contributed by atoms with van der Waals surface area (Å²) in [5.41, 5.74) is 3.63. The smallest absolute Gasteiger partial charge is 0.338 e. The number of hydrogen-bond donors (Lipinski definition) is 1. The summed E-state index contributed by atoms with van der Waals surface area (Å²) in [6.45, 7) is 4.57. The Morgan fingerprint density at radius 3 is 2.83 bits per heavy atom. The fraction of sp³-hybridized carbons (Fsp3) is 0.357. The molecule has 0 radical (unpaired) electrons. The molecule has 4 heteroatoms. The zero-order chi connectivity index (χ0) is 12.9. The number of carbonyl (C=O) groups is 1. The summed E-state index contributed by atoms with van der Waals surface area (Å²) >= 11 is 0. The molecule has 0 unspecified atom stereocenters. The molecule has 1 aliphatic heterocycles. The molecule has 1 N–H and O–H groups in total. The van der Waals surface area contributed by atoms with Gasteiger partial charge in [-0.1, -0.05) is 18.2 Å². The largest absolute Gasteiger partial charge is 0.478 e. The molecule has 0 amide bonds. The molecule has 2 heterocycles. The Balaban J connectivity index is 2.41. The summed E-state index contributed by atoms with van der Waals surface area (Å²) < 4.78 is 2.17. The van der Waals surface area contributed by atoms with Crippen molar-refractivity contribution in [3.05, 3.63) is 35.0 Å². The number of aryl methyl sites for hydroxylation is 1. The summed E-state index contributed by atoms with van der Waals surface area (Å²) in [6, 6.07) is 5.89. The van der Waals surface area contributed by atoms with Crippen molar-refractivity contribution < 1.29 is 9.90 Å². The van der Waals surface area contributed by atoms with Crippen molar-refractivity contribution in [1.82, 2.24) is 9.47 Å². The highest BCUT2D eigenvalue weighted by atomic mass is 16.4. The molecule has 1 aliphatic rings. The molecule has 18 heavy (non-hydrogen) atoms. The quantitative estimate of drug-likeness (QED) is 0.835. The SMILES string of the molecule is Cc1cccc2c(C(=O)O)c3n(c12)CCN(C)C3. The molecule has 2 aromatic rings. The van der Waals surface area contributed by atoms with E-state index in [4.69, 9.17) is 0 Å². The van der Waals surface area contributed by atoms with Gasteiger partial charge in [0.15, 0.2) is 0 Å². The Kier molecular flexibility index (Phi) is 2.41. The molecule has 94 valence electrons. The summed E-state index contributed by atoms with van der Waals surface area (Å²) in [7, 11) is 2.03. The van der Waals surface area contributed by atoms with Gasteiger partial charge in [-0.2, -0.15) is 0 Å². The highest BCUT2D eigenvalue weighted by molar-refractivity contribution is 6.06. The first kappa shape index (κ1) is 11.3. The van der Waals surface area contributed by atoms with Crippen LogP contribution in [0.15, 0.2) is 18.2 Å². The minimum absolute atomic E-state index is 0.472. The molecule has 3 rings (SSSR count). The lowest BCUT2D eigenvalue weighted by Crippen LogP contribution is -2.31. The fourth-order valence-electron chi connectivity index (χ4n) is 2.90. The van der Waals surface area contributed by atoms with E-state index in [1.165, 1.54) is 0 Å². The molecular weight excluding hydrogens is 228 g/mol. The second-order valence-corrected chi connectivity index (χ2v) is 4.99. The van der Waals surface area contributed by atoms with Gasteiger partial charge in [-0.15, -0.1) is 0 Å². The highest BCUT2D eigenvalue weighted by Crippen LogP contribution is 2.31. The van der Waals surface area contributed by atoms with Gasteiger partial charge < -0.3 is 9.67 Å². The molecule has 0 fully saturated rings. The van der Waals surface area contributed by atoms with Crippen LogP contribution in [0.4, 0.5) is 0 Å². The van der Waals surface area contributed by atoms with Crippen molar-refractivity contribution in [3.8, 4) is 0 Å². The van der Waals surface area contributed by atoms with E-state index in [0.717, 1.165) is 35.2 Å². The number of aromatic nitrogens is 1. The van der Waals surface area contributed by atoms with Gasteiger partial charge in [0.25, 0.3) is 0 Å². The zero-order valence-corrected chi connectivity index (χ0v) is 10.6. The summed E-state index contributed by atoms with van der Waals surface area (Å²) in [4.78, 5) is 13.7. The number of aromatic carboxylic acids is 1. The van der Waals surface area contributed by atoms with Crippen molar-refractivity contribution in [3.63, 3.8) is 0 Å². The monoisotopic (exact) mass is 244 g/mol. The summed E-state index contributed by atoms with van der Waals surface area (Å²) in [5, 5.41) is 10.3. The van der Waals surface area contributed by atoms with Crippen molar-refractivity contribution in [2.45, 2.75) is 20.0 Å². The number of likely N-dealkylation sites (N-methyl/N-ethyl adjacent to an activating group) is 1. The third-order valence-electron chi connectivity index (χ3n) is 3.73. The van der Waals surface area contributed by atoms with Crippen LogP contribution >= 0.6 is 0 Å². The second-order valence-electron chi connectivity index (χ2n) is 4.99. The van der Waals surface area contributed by atoms with E-state index in [1.807, 2.05) is 32.2 Å². The van der Waals surface area contributed by atoms with Gasteiger partial charge in [-0.05, 0) is 19.5 Å². The van der Waals surface area contributed by atoms with Crippen molar-refractivity contribution in [2.75, 3.05) is 13.6 Å². The second kappa shape index (κ2) is 3.85. The first-order valence-electron chi connectivity index (χ1n) is 6.12. The Morgan fingerprint density at radius 1 is 1.33 bits per heavy atom.